The number of hydrogen-bond donors (Lipinski definition) is 2. The molecular weight excluding hydrogens is 322 g/mol. The zero-order valence-corrected chi connectivity index (χ0v) is 13.9. The molecule has 1 aliphatic rings. The monoisotopic (exact) mass is 345 g/mol. The number of halogens is 1. The molecule has 0 amide bonds. The molecule has 2 rings (SSSR count). The molecule has 2 N–H and O–H groups in total. The van der Waals surface area contributed by atoms with Gasteiger partial charge in [-0.3, -0.25) is 4.57 Å². The van der Waals surface area contributed by atoms with Crippen LogP contribution in [0.3, 0.4) is 0 Å². The minimum atomic E-state index is -4.01. The second-order valence-corrected chi connectivity index (χ2v) is 7.73. The molecule has 0 aromatic heterocycles. The highest BCUT2D eigenvalue weighted by Gasteiger charge is 2.46. The molecule has 1 heterocycles. The predicted molar refractivity (Wildman–Crippen MR) is 85.0 cm³/mol. The molecule has 1 unspecified atom stereocenters. The molecule has 1 fully saturated rings. The van der Waals surface area contributed by atoms with Crippen molar-refractivity contribution in [2.24, 2.45) is 0 Å². The van der Waals surface area contributed by atoms with E-state index in [1.807, 2.05) is 0 Å². The summed E-state index contributed by atoms with van der Waals surface area (Å²) in [5.74, 6) is 0.731. The Kier molecular flexibility index (Phi) is 5.62. The van der Waals surface area contributed by atoms with E-state index in [0.717, 1.165) is 5.82 Å². The summed E-state index contributed by atoms with van der Waals surface area (Å²) in [6, 6.07) is 8.35. The minimum absolute atomic E-state index is 0.305. The Hall–Kier alpha value is -1.04. The van der Waals surface area contributed by atoms with E-state index in [1.54, 1.807) is 44.2 Å². The van der Waals surface area contributed by atoms with Crippen LogP contribution in [-0.4, -0.2) is 40.8 Å². The first-order valence-corrected chi connectivity index (χ1v) is 9.28. The highest BCUT2D eigenvalue weighted by atomic mass is 31.2. The molecule has 0 bridgehead atoms. The minimum Gasteiger partial charge on any atom is -0.386 e. The number of alkyl halides is 1. The van der Waals surface area contributed by atoms with E-state index in [9.17, 15) is 13.8 Å². The largest absolute Gasteiger partial charge is 0.386 e. The molecule has 5 nitrogen and oxygen atoms in total. The summed E-state index contributed by atoms with van der Waals surface area (Å²) in [5, 5.41) is 8.89. The molecule has 5 atom stereocenters. The first kappa shape index (κ1) is 16.8. The fourth-order valence-electron chi connectivity index (χ4n) is 2.38. The normalized spacial score (nSPS) is 31.9. The summed E-state index contributed by atoms with van der Waals surface area (Å²) in [6.07, 6.45) is -5.95. The van der Waals surface area contributed by atoms with E-state index >= 15 is 0 Å². The van der Waals surface area contributed by atoms with Crippen molar-refractivity contribution in [2.75, 3.05) is 6.35 Å². The lowest BCUT2D eigenvalue weighted by atomic mass is 10.0. The summed E-state index contributed by atoms with van der Waals surface area (Å²) in [5.41, 5.74) is 0.604. The third-order valence-corrected chi connectivity index (χ3v) is 4.35. The molecule has 1 aliphatic heterocycles. The third kappa shape index (κ3) is 4.72. The van der Waals surface area contributed by atoms with E-state index in [4.69, 9.17) is 16.0 Å². The molecule has 7 heteroatoms. The van der Waals surface area contributed by atoms with Crippen LogP contribution in [0.15, 0.2) is 42.2 Å². The van der Waals surface area contributed by atoms with Crippen LogP contribution in [-0.2, 0) is 14.0 Å². The molecule has 0 radical (unpaired) electrons. The number of ether oxygens (including phenoxy) is 2. The Morgan fingerprint density at radius 3 is 2.70 bits per heavy atom. The van der Waals surface area contributed by atoms with Gasteiger partial charge in [-0.15, -0.1) is 0 Å². The van der Waals surface area contributed by atoms with E-state index in [0.29, 0.717) is 5.56 Å². The summed E-state index contributed by atoms with van der Waals surface area (Å²) in [7, 11) is -4.01. The van der Waals surface area contributed by atoms with Crippen molar-refractivity contribution in [3.63, 3.8) is 0 Å². The quantitative estimate of drug-likeness (QED) is 0.775. The van der Waals surface area contributed by atoms with Gasteiger partial charge in [0.1, 0.15) is 24.7 Å². The van der Waals surface area contributed by atoms with Crippen LogP contribution in [0.1, 0.15) is 26.9 Å². The van der Waals surface area contributed by atoms with Gasteiger partial charge in [-0.1, -0.05) is 30.3 Å². The van der Waals surface area contributed by atoms with Crippen molar-refractivity contribution in [1.82, 2.24) is 0 Å². The number of hydrogen-bond acceptors (Lipinski definition) is 4. The van der Waals surface area contributed by atoms with Crippen molar-refractivity contribution >= 4 is 7.37 Å². The fraction of sp³-hybridized carbons (Fsp3) is 0.500. The molecular formula is C16H22FO5P. The van der Waals surface area contributed by atoms with Crippen molar-refractivity contribution in [2.45, 2.75) is 44.4 Å². The van der Waals surface area contributed by atoms with Gasteiger partial charge in [0.2, 0.25) is 7.37 Å². The molecule has 0 spiro atoms. The van der Waals surface area contributed by atoms with Crippen LogP contribution in [0.2, 0.25) is 0 Å². The zero-order valence-electron chi connectivity index (χ0n) is 14.0. The number of rotatable bonds is 6. The van der Waals surface area contributed by atoms with Gasteiger partial charge < -0.3 is 19.5 Å². The molecule has 0 aliphatic carbocycles. The Morgan fingerprint density at radius 1 is 1.48 bits per heavy atom. The average Bonchev–Trinajstić information content (AvgIpc) is 2.84. The van der Waals surface area contributed by atoms with Gasteiger partial charge in [-0.2, -0.15) is 0 Å². The van der Waals surface area contributed by atoms with E-state index in [-0.39, 0.29) is 12.2 Å². The van der Waals surface area contributed by atoms with Crippen molar-refractivity contribution in [3.05, 3.63) is 47.8 Å². The Morgan fingerprint density at radius 2 is 2.13 bits per heavy atom. The van der Waals surface area contributed by atoms with Crippen molar-refractivity contribution in [1.29, 1.82) is 0 Å². The molecule has 23 heavy (non-hydrogen) atoms. The van der Waals surface area contributed by atoms with Crippen LogP contribution >= 0.6 is 7.37 Å². The average molecular weight is 345 g/mol. The van der Waals surface area contributed by atoms with Crippen molar-refractivity contribution < 1.29 is 29.8 Å². The van der Waals surface area contributed by atoms with Gasteiger partial charge in [-0.25, -0.2) is 4.39 Å². The topological polar surface area (TPSA) is 76.0 Å². The van der Waals surface area contributed by atoms with Gasteiger partial charge >= 0.3 is 0 Å². The second-order valence-electron chi connectivity index (χ2n) is 5.67. The molecule has 128 valence electrons. The van der Waals surface area contributed by atoms with Crippen LogP contribution in [0.4, 0.5) is 4.39 Å². The lowest BCUT2D eigenvalue weighted by Crippen LogP contribution is -2.32. The maximum atomic E-state index is 14.9. The maximum Gasteiger partial charge on any atom is 0.246 e. The van der Waals surface area contributed by atoms with E-state index < -0.39 is 38.2 Å². The first-order chi connectivity index (χ1) is 11.2. The number of benzene rings is 1. The molecule has 0 saturated carbocycles. The molecule has 1 saturated heterocycles. The number of aliphatic hydroxyl groups excluding tert-OH is 1. The highest BCUT2D eigenvalue weighted by molar-refractivity contribution is 7.61. The Bertz CT molecular complexity index is 624. The predicted octanol–water partition coefficient (Wildman–Crippen LogP) is 2.99. The van der Waals surface area contributed by atoms with Gasteiger partial charge in [0.15, 0.2) is 6.17 Å². The van der Waals surface area contributed by atoms with Gasteiger partial charge in [0.25, 0.3) is 0 Å². The Labute approximate surface area is 136 Å². The Balaban J connectivity index is 2.32. The second kappa shape index (κ2) is 7.69. The van der Waals surface area contributed by atoms with Gasteiger partial charge in [0.05, 0.1) is 7.47 Å². The van der Waals surface area contributed by atoms with Crippen LogP contribution in [0, 0.1) is 0 Å². The maximum absolute atomic E-state index is 14.9. The summed E-state index contributed by atoms with van der Waals surface area (Å²) >= 11 is 0. The molecule has 1 aromatic carbocycles. The lowest BCUT2D eigenvalue weighted by molar-refractivity contribution is -0.0387. The zero-order chi connectivity index (χ0) is 17.9. The summed E-state index contributed by atoms with van der Waals surface area (Å²) < 4.78 is 45.7. The fourth-order valence-corrected chi connectivity index (χ4v) is 2.84. The SMILES string of the molecule is [2H]/C(=C\P(=O)(O)CO)[C@H]1O[C@@H](c2ccccc2)[C@H](F)[C@@H]1OC(C)C. The van der Waals surface area contributed by atoms with Crippen LogP contribution in [0.5, 0.6) is 0 Å². The van der Waals surface area contributed by atoms with Crippen LogP contribution < -0.4 is 0 Å². The van der Waals surface area contributed by atoms with Crippen LogP contribution in [0.25, 0.3) is 0 Å². The van der Waals surface area contributed by atoms with Crippen molar-refractivity contribution in [3.8, 4) is 0 Å². The number of aliphatic hydroxyl groups is 1. The lowest BCUT2D eigenvalue weighted by Gasteiger charge is -2.20. The van der Waals surface area contributed by atoms with E-state index in [1.165, 1.54) is 0 Å². The summed E-state index contributed by atoms with van der Waals surface area (Å²) in [6.45, 7) is 3.47. The standard InChI is InChI=1S/C16H22FO5P/c1-11(2)21-16-13(8-9-23(19,20)10-18)22-15(14(16)17)12-6-4-3-5-7-12/h3-9,11,13-16,18H,10H2,1-2H3,(H,19,20)/b9-8+/t13-,14+,15+,16-/m1/s1/i8D. The van der Waals surface area contributed by atoms with E-state index in [2.05, 4.69) is 0 Å². The first-order valence-electron chi connectivity index (χ1n) is 7.87. The smallest absolute Gasteiger partial charge is 0.246 e. The highest BCUT2D eigenvalue weighted by Crippen LogP contribution is 2.43. The van der Waals surface area contributed by atoms with Gasteiger partial charge in [0, 0.05) is 5.82 Å². The third-order valence-electron chi connectivity index (χ3n) is 3.40. The summed E-state index contributed by atoms with van der Waals surface area (Å²) in [4.78, 5) is 9.49. The molecule has 1 aromatic rings. The van der Waals surface area contributed by atoms with Gasteiger partial charge in [-0.05, 0) is 25.5 Å².